The smallest absolute Gasteiger partial charge is 0.123 e. The zero-order valence-electron chi connectivity index (χ0n) is 9.17. The third-order valence-electron chi connectivity index (χ3n) is 2.16. The molecule has 17 heavy (non-hydrogen) atoms. The second kappa shape index (κ2) is 7.23. The maximum atomic E-state index is 13.0. The van der Waals surface area contributed by atoms with Crippen LogP contribution in [0.1, 0.15) is 18.0 Å². The highest BCUT2D eigenvalue weighted by Gasteiger charge is 2.09. The van der Waals surface area contributed by atoms with Gasteiger partial charge in [-0.3, -0.25) is 5.32 Å². The fourth-order valence-corrected chi connectivity index (χ4v) is 1.37. The summed E-state index contributed by atoms with van der Waals surface area (Å²) < 4.78 is 13.0. The molecule has 0 spiro atoms. The molecule has 0 radical (unpaired) electrons. The van der Waals surface area contributed by atoms with Crippen LogP contribution < -0.4 is 5.32 Å². The van der Waals surface area contributed by atoms with Gasteiger partial charge in [-0.2, -0.15) is 5.26 Å². The van der Waals surface area contributed by atoms with Crippen LogP contribution in [0.25, 0.3) is 10.4 Å². The van der Waals surface area contributed by atoms with E-state index in [2.05, 4.69) is 21.4 Å². The van der Waals surface area contributed by atoms with Gasteiger partial charge in [0.1, 0.15) is 11.9 Å². The number of benzene rings is 1. The van der Waals surface area contributed by atoms with Crippen molar-refractivity contribution in [2.24, 2.45) is 5.11 Å². The highest BCUT2D eigenvalue weighted by atomic mass is 19.1. The Hall–Kier alpha value is -2.09. The third kappa shape index (κ3) is 4.51. The van der Waals surface area contributed by atoms with Crippen LogP contribution in [-0.4, -0.2) is 13.1 Å². The summed E-state index contributed by atoms with van der Waals surface area (Å²) in [6.07, 6.45) is 0.636. The lowest BCUT2D eigenvalue weighted by molar-refractivity contribution is 0.593. The van der Waals surface area contributed by atoms with Gasteiger partial charge < -0.3 is 0 Å². The van der Waals surface area contributed by atoms with E-state index >= 15 is 0 Å². The summed E-state index contributed by atoms with van der Waals surface area (Å²) >= 11 is 0. The molecule has 1 rings (SSSR count). The average Bonchev–Trinajstić information content (AvgIpc) is 2.34. The number of nitrogens with zero attached hydrogens (tertiary/aromatic N) is 4. The van der Waals surface area contributed by atoms with Crippen molar-refractivity contribution in [3.8, 4) is 6.07 Å². The molecule has 1 atom stereocenters. The van der Waals surface area contributed by atoms with Crippen molar-refractivity contribution >= 4 is 0 Å². The van der Waals surface area contributed by atoms with Crippen molar-refractivity contribution in [1.82, 2.24) is 5.32 Å². The van der Waals surface area contributed by atoms with Gasteiger partial charge in [0.2, 0.25) is 0 Å². The summed E-state index contributed by atoms with van der Waals surface area (Å²) in [7, 11) is 0. The highest BCUT2D eigenvalue weighted by molar-refractivity contribution is 5.24. The number of rotatable bonds is 6. The molecule has 0 heterocycles. The fraction of sp³-hybridized carbons (Fsp3) is 0.364. The molecule has 0 saturated carbocycles. The normalized spacial score (nSPS) is 11.3. The summed E-state index contributed by atoms with van der Waals surface area (Å²) in [5, 5.41) is 15.3. The summed E-state index contributed by atoms with van der Waals surface area (Å²) in [5.41, 5.74) is 8.67. The third-order valence-corrected chi connectivity index (χ3v) is 2.16. The molecule has 0 saturated heterocycles. The molecule has 0 amide bonds. The van der Waals surface area contributed by atoms with E-state index in [4.69, 9.17) is 10.8 Å². The Bertz CT molecular complexity index is 447. The monoisotopic (exact) mass is 233 g/mol. The first-order chi connectivity index (χ1) is 8.27. The first-order valence-corrected chi connectivity index (χ1v) is 5.17. The van der Waals surface area contributed by atoms with Crippen LogP contribution in [-0.2, 0) is 0 Å². The van der Waals surface area contributed by atoms with Gasteiger partial charge in [-0.1, -0.05) is 17.2 Å². The van der Waals surface area contributed by atoms with Gasteiger partial charge in [-0.05, 0) is 36.2 Å². The molecule has 0 bridgehead atoms. The lowest BCUT2D eigenvalue weighted by Crippen LogP contribution is -2.21. The van der Waals surface area contributed by atoms with Gasteiger partial charge in [-0.25, -0.2) is 4.39 Å². The minimum absolute atomic E-state index is 0.362. The van der Waals surface area contributed by atoms with Crippen LogP contribution in [0.15, 0.2) is 29.4 Å². The topological polar surface area (TPSA) is 84.6 Å². The van der Waals surface area contributed by atoms with Crippen LogP contribution >= 0.6 is 0 Å². The van der Waals surface area contributed by atoms with Crippen LogP contribution in [0.5, 0.6) is 0 Å². The molecule has 0 fully saturated rings. The quantitative estimate of drug-likeness (QED) is 0.354. The summed E-state index contributed by atoms with van der Waals surface area (Å²) in [6.45, 7) is 0.915. The summed E-state index contributed by atoms with van der Waals surface area (Å²) in [6, 6.07) is 7.43. The Kier molecular flexibility index (Phi) is 5.52. The minimum Gasteiger partial charge on any atom is -0.298 e. The van der Waals surface area contributed by atoms with E-state index in [-0.39, 0.29) is 5.82 Å². The van der Waals surface area contributed by atoms with E-state index in [1.165, 1.54) is 12.1 Å². The molecule has 1 N–H and O–H groups in total. The van der Waals surface area contributed by atoms with Crippen LogP contribution in [0.3, 0.4) is 0 Å². The minimum atomic E-state index is -0.545. The molecule has 6 heteroatoms. The Balaban J connectivity index is 2.49. The Morgan fingerprint density at radius 3 is 3.06 bits per heavy atom. The predicted octanol–water partition coefficient (Wildman–Crippen LogP) is 2.68. The van der Waals surface area contributed by atoms with Crippen LogP contribution in [0, 0.1) is 17.1 Å². The van der Waals surface area contributed by atoms with Crippen molar-refractivity contribution in [2.45, 2.75) is 12.5 Å². The standard InChI is InChI=1S/C11H12FN5/c12-10-4-1-3-9(7-10)11(8-13)15-5-2-6-16-17-14/h1,3-4,7,11,15H,2,5-6H2. The number of azide groups is 1. The van der Waals surface area contributed by atoms with Crippen LogP contribution in [0.4, 0.5) is 4.39 Å². The van der Waals surface area contributed by atoms with Gasteiger partial charge in [0.25, 0.3) is 0 Å². The Morgan fingerprint density at radius 2 is 2.41 bits per heavy atom. The van der Waals surface area contributed by atoms with Gasteiger partial charge in [0.05, 0.1) is 6.07 Å². The SMILES string of the molecule is N#CC(NCCCN=[N+]=[N-])c1cccc(F)c1. The summed E-state index contributed by atoms with van der Waals surface area (Å²) in [5.74, 6) is -0.362. The molecule has 88 valence electrons. The van der Waals surface area contributed by atoms with Gasteiger partial charge in [-0.15, -0.1) is 0 Å². The van der Waals surface area contributed by atoms with E-state index in [9.17, 15) is 4.39 Å². The molecular weight excluding hydrogens is 221 g/mol. The molecule has 0 aliphatic carbocycles. The lowest BCUT2D eigenvalue weighted by Gasteiger charge is -2.11. The number of hydrogen-bond donors (Lipinski definition) is 1. The van der Waals surface area contributed by atoms with Crippen molar-refractivity contribution in [3.63, 3.8) is 0 Å². The molecule has 0 aliphatic rings. The van der Waals surface area contributed by atoms with E-state index in [1.807, 2.05) is 0 Å². The zero-order valence-corrected chi connectivity index (χ0v) is 9.17. The molecule has 1 unspecified atom stereocenters. The van der Waals surface area contributed by atoms with E-state index in [0.717, 1.165) is 0 Å². The largest absolute Gasteiger partial charge is 0.298 e. The van der Waals surface area contributed by atoms with Crippen molar-refractivity contribution in [1.29, 1.82) is 5.26 Å². The van der Waals surface area contributed by atoms with Gasteiger partial charge in [0.15, 0.2) is 0 Å². The Labute approximate surface area is 98.5 Å². The fourth-order valence-electron chi connectivity index (χ4n) is 1.37. The molecule has 0 aliphatic heterocycles. The molecular formula is C11H12FN5. The highest BCUT2D eigenvalue weighted by Crippen LogP contribution is 2.13. The molecule has 1 aromatic rings. The maximum absolute atomic E-state index is 13.0. The zero-order chi connectivity index (χ0) is 12.5. The lowest BCUT2D eigenvalue weighted by atomic mass is 10.1. The van der Waals surface area contributed by atoms with E-state index < -0.39 is 6.04 Å². The van der Waals surface area contributed by atoms with Crippen molar-refractivity contribution in [3.05, 3.63) is 46.1 Å². The maximum Gasteiger partial charge on any atom is 0.123 e. The first-order valence-electron chi connectivity index (χ1n) is 5.17. The van der Waals surface area contributed by atoms with Crippen molar-refractivity contribution < 1.29 is 4.39 Å². The number of hydrogen-bond acceptors (Lipinski definition) is 3. The number of nitriles is 1. The van der Waals surface area contributed by atoms with Gasteiger partial charge >= 0.3 is 0 Å². The van der Waals surface area contributed by atoms with Crippen LogP contribution in [0.2, 0.25) is 0 Å². The predicted molar refractivity (Wildman–Crippen MR) is 61.4 cm³/mol. The molecule has 5 nitrogen and oxygen atoms in total. The Morgan fingerprint density at radius 1 is 1.59 bits per heavy atom. The van der Waals surface area contributed by atoms with E-state index in [1.54, 1.807) is 12.1 Å². The number of halogens is 1. The van der Waals surface area contributed by atoms with Gasteiger partial charge in [0, 0.05) is 11.5 Å². The molecule has 1 aromatic carbocycles. The second-order valence-electron chi connectivity index (χ2n) is 3.38. The van der Waals surface area contributed by atoms with E-state index in [0.29, 0.717) is 25.1 Å². The van der Waals surface area contributed by atoms with Crippen molar-refractivity contribution in [2.75, 3.05) is 13.1 Å². The molecule has 0 aromatic heterocycles. The number of nitrogens with one attached hydrogen (secondary N) is 1. The summed E-state index contributed by atoms with van der Waals surface area (Å²) in [4.78, 5) is 2.62. The first kappa shape index (κ1) is 13.0. The average molecular weight is 233 g/mol. The second-order valence-corrected chi connectivity index (χ2v) is 3.38.